The van der Waals surface area contributed by atoms with E-state index in [9.17, 15) is 14.7 Å². The summed E-state index contributed by atoms with van der Waals surface area (Å²) in [6.45, 7) is 2.26. The van der Waals surface area contributed by atoms with E-state index in [1.165, 1.54) is 56.9 Å². The molecule has 1 fully saturated rings. The highest BCUT2D eigenvalue weighted by atomic mass is 16.6. The van der Waals surface area contributed by atoms with E-state index >= 15 is 0 Å². The van der Waals surface area contributed by atoms with Crippen LogP contribution < -0.4 is 9.47 Å². The first kappa shape index (κ1) is 37.2. The van der Waals surface area contributed by atoms with Gasteiger partial charge >= 0.3 is 11.9 Å². The number of ether oxygens (including phenoxy) is 4. The lowest BCUT2D eigenvalue weighted by molar-refractivity contribution is -0.172. The summed E-state index contributed by atoms with van der Waals surface area (Å²) in [5.74, 6) is 0.625. The molecule has 7 nitrogen and oxygen atoms in total. The number of aliphatic hydroxyl groups is 1. The summed E-state index contributed by atoms with van der Waals surface area (Å²) in [6, 6.07) is 13.1. The number of unbranched alkanes of at least 4 members (excludes halogenated alkanes) is 11. The summed E-state index contributed by atoms with van der Waals surface area (Å²) in [6.07, 6.45) is 24.0. The third-order valence-electron chi connectivity index (χ3n) is 11.9. The Balaban J connectivity index is 1.02. The number of carbonyl (C=O) groups is 2. The third kappa shape index (κ3) is 7.79. The Labute approximate surface area is 304 Å². The van der Waals surface area contributed by atoms with Crippen molar-refractivity contribution in [1.82, 2.24) is 0 Å². The predicted octanol–water partition coefficient (Wildman–Crippen LogP) is 9.93. The average Bonchev–Trinajstić information content (AvgIpc) is 3.49. The first-order valence-electron chi connectivity index (χ1n) is 19.8. The lowest BCUT2D eigenvalue weighted by Gasteiger charge is -2.59. The smallest absolute Gasteiger partial charge is 0.357 e. The second-order valence-corrected chi connectivity index (χ2v) is 15.2. The van der Waals surface area contributed by atoms with Crippen molar-refractivity contribution >= 4 is 11.9 Å². The molecule has 7 heteroatoms. The van der Waals surface area contributed by atoms with Crippen LogP contribution in [0.3, 0.4) is 0 Å². The fourth-order valence-corrected chi connectivity index (χ4v) is 9.26. The lowest BCUT2D eigenvalue weighted by atomic mass is 9.47. The SMILES string of the molecule is CCCCCCCC/C=C\CCCCCCCC(=O)O[C@H](C(=O)OC1=CC[C@@]2(O)[C@@H]3CCC[C@@]24c2c(ccc(OC)c2O[C@@H]14)C3)c1ccccc1. The first-order valence-corrected chi connectivity index (χ1v) is 19.8. The second kappa shape index (κ2) is 17.3. The molecule has 2 bridgehead atoms. The van der Waals surface area contributed by atoms with Gasteiger partial charge in [0.1, 0.15) is 5.76 Å². The Morgan fingerprint density at radius 3 is 2.37 bits per heavy atom. The minimum Gasteiger partial charge on any atom is -0.493 e. The van der Waals surface area contributed by atoms with E-state index in [0.717, 1.165) is 63.4 Å². The molecule has 5 atom stereocenters. The zero-order valence-corrected chi connectivity index (χ0v) is 30.8. The zero-order chi connectivity index (χ0) is 35.7. The van der Waals surface area contributed by atoms with Crippen LogP contribution in [-0.2, 0) is 30.9 Å². The topological polar surface area (TPSA) is 91.3 Å². The van der Waals surface area contributed by atoms with Crippen LogP contribution in [0.2, 0.25) is 0 Å². The summed E-state index contributed by atoms with van der Waals surface area (Å²) >= 11 is 0. The van der Waals surface area contributed by atoms with E-state index in [4.69, 9.17) is 18.9 Å². The van der Waals surface area contributed by atoms with Gasteiger partial charge in [-0.25, -0.2) is 4.79 Å². The predicted molar refractivity (Wildman–Crippen MR) is 199 cm³/mol. The molecule has 51 heavy (non-hydrogen) atoms. The Bertz CT molecular complexity index is 1550. The average molecular weight is 699 g/mol. The van der Waals surface area contributed by atoms with Crippen LogP contribution in [0.25, 0.3) is 0 Å². The number of carbonyl (C=O) groups excluding carboxylic acids is 2. The van der Waals surface area contributed by atoms with E-state index in [0.29, 0.717) is 29.2 Å². The number of rotatable bonds is 20. The number of benzene rings is 2. The summed E-state index contributed by atoms with van der Waals surface area (Å²) in [7, 11) is 1.62. The Kier molecular flexibility index (Phi) is 12.6. The van der Waals surface area contributed by atoms with Crippen molar-refractivity contribution in [3.63, 3.8) is 0 Å². The van der Waals surface area contributed by atoms with Gasteiger partial charge in [0.25, 0.3) is 0 Å². The number of hydrogen-bond donors (Lipinski definition) is 1. The highest BCUT2D eigenvalue weighted by Gasteiger charge is 2.71. The monoisotopic (exact) mass is 698 g/mol. The molecule has 0 radical (unpaired) electrons. The van der Waals surface area contributed by atoms with Crippen LogP contribution in [0.5, 0.6) is 11.5 Å². The molecule has 276 valence electrons. The van der Waals surface area contributed by atoms with Crippen LogP contribution in [0.4, 0.5) is 0 Å². The summed E-state index contributed by atoms with van der Waals surface area (Å²) < 4.78 is 24.4. The summed E-state index contributed by atoms with van der Waals surface area (Å²) in [5, 5.41) is 12.4. The van der Waals surface area contributed by atoms with Gasteiger partial charge < -0.3 is 24.1 Å². The minimum absolute atomic E-state index is 0.0901. The maximum atomic E-state index is 14.0. The van der Waals surface area contributed by atoms with Crippen molar-refractivity contribution in [3.05, 3.63) is 83.1 Å². The van der Waals surface area contributed by atoms with E-state index in [-0.39, 0.29) is 12.3 Å². The van der Waals surface area contributed by atoms with E-state index in [1.54, 1.807) is 19.2 Å². The molecule has 1 N–H and O–H groups in total. The van der Waals surface area contributed by atoms with Crippen molar-refractivity contribution in [1.29, 1.82) is 0 Å². The largest absolute Gasteiger partial charge is 0.493 e. The van der Waals surface area contributed by atoms with Crippen LogP contribution in [0.15, 0.2) is 66.5 Å². The molecule has 2 aromatic rings. The molecule has 1 saturated carbocycles. The van der Waals surface area contributed by atoms with Gasteiger partial charge in [-0.05, 0) is 81.4 Å². The van der Waals surface area contributed by atoms with E-state index in [2.05, 4.69) is 25.1 Å². The van der Waals surface area contributed by atoms with Crippen molar-refractivity contribution in [2.75, 3.05) is 7.11 Å². The normalized spacial score (nSPS) is 24.7. The standard InChI is InChI=1S/C44H58O7/c1-3-4-5-6-7-8-9-10-11-12-13-14-15-16-20-25-37(45)50-39(32-22-18-17-19-23-32)42(46)49-36-28-30-44(47)34-24-21-29-43(44)38-33(31-34)26-27-35(48-2)40(38)51-41(36)43/h10-11,17-19,22-23,26-28,34,39,41,47H,3-9,12-16,20-21,24-25,29-31H2,1-2H3/b11-10-/t34-,39+,41+,43+,44-/m1/s1. The lowest BCUT2D eigenvalue weighted by Crippen LogP contribution is -2.67. The maximum Gasteiger partial charge on any atom is 0.357 e. The molecule has 0 aromatic heterocycles. The summed E-state index contributed by atoms with van der Waals surface area (Å²) in [4.78, 5) is 27.1. The van der Waals surface area contributed by atoms with Crippen molar-refractivity contribution in [2.24, 2.45) is 5.92 Å². The maximum absolute atomic E-state index is 14.0. The molecule has 3 aliphatic carbocycles. The van der Waals surface area contributed by atoms with E-state index < -0.39 is 35.2 Å². The molecule has 2 aromatic carbocycles. The van der Waals surface area contributed by atoms with Gasteiger partial charge in [0, 0.05) is 17.5 Å². The number of allylic oxidation sites excluding steroid dienone is 2. The van der Waals surface area contributed by atoms with Crippen LogP contribution in [0, 0.1) is 5.92 Å². The molecule has 6 rings (SSSR count). The highest BCUT2D eigenvalue weighted by Crippen LogP contribution is 2.67. The molecule has 1 spiro atoms. The fourth-order valence-electron chi connectivity index (χ4n) is 9.26. The quantitative estimate of drug-likeness (QED) is 0.0836. The molecule has 4 aliphatic rings. The van der Waals surface area contributed by atoms with Gasteiger partial charge in [-0.15, -0.1) is 0 Å². The molecule has 0 amide bonds. The molecule has 0 saturated heterocycles. The number of methoxy groups -OCH3 is 1. The van der Waals surface area contributed by atoms with E-state index in [1.807, 2.05) is 30.3 Å². The first-order chi connectivity index (χ1) is 24.9. The number of hydrogen-bond acceptors (Lipinski definition) is 7. The molecular formula is C44H58O7. The Morgan fingerprint density at radius 1 is 0.941 bits per heavy atom. The third-order valence-corrected chi connectivity index (χ3v) is 11.9. The molecule has 1 aliphatic heterocycles. The summed E-state index contributed by atoms with van der Waals surface area (Å²) in [5.41, 5.74) is 0.980. The van der Waals surface area contributed by atoms with Crippen LogP contribution >= 0.6 is 0 Å². The van der Waals surface area contributed by atoms with Crippen molar-refractivity contribution in [3.8, 4) is 11.5 Å². The van der Waals surface area contributed by atoms with Gasteiger partial charge in [-0.3, -0.25) is 4.79 Å². The van der Waals surface area contributed by atoms with Crippen molar-refractivity contribution < 1.29 is 33.6 Å². The zero-order valence-electron chi connectivity index (χ0n) is 30.8. The number of esters is 2. The molecular weight excluding hydrogens is 640 g/mol. The molecule has 1 heterocycles. The van der Waals surface area contributed by atoms with Gasteiger partial charge in [-0.1, -0.05) is 113 Å². The fraction of sp³-hybridized carbons (Fsp3) is 0.591. The van der Waals surface area contributed by atoms with Gasteiger partial charge in [0.05, 0.1) is 18.1 Å². The van der Waals surface area contributed by atoms with Gasteiger partial charge in [0.15, 0.2) is 17.6 Å². The van der Waals surface area contributed by atoms with Crippen LogP contribution in [-0.4, -0.2) is 35.9 Å². The Hall–Kier alpha value is -3.58. The second-order valence-electron chi connectivity index (χ2n) is 15.2. The Morgan fingerprint density at radius 2 is 1.65 bits per heavy atom. The van der Waals surface area contributed by atoms with Gasteiger partial charge in [-0.2, -0.15) is 0 Å². The minimum atomic E-state index is -1.21. The molecule has 0 unspecified atom stereocenters. The van der Waals surface area contributed by atoms with Crippen LogP contribution in [0.1, 0.15) is 145 Å². The highest BCUT2D eigenvalue weighted by molar-refractivity contribution is 5.82. The van der Waals surface area contributed by atoms with Gasteiger partial charge in [0.2, 0.25) is 6.10 Å². The van der Waals surface area contributed by atoms with Crippen molar-refractivity contribution in [2.45, 2.75) is 152 Å².